The Morgan fingerprint density at radius 3 is 2.84 bits per heavy atom. The van der Waals surface area contributed by atoms with E-state index in [1.807, 2.05) is 12.1 Å². The van der Waals surface area contributed by atoms with Gasteiger partial charge in [-0.05, 0) is 30.5 Å². The van der Waals surface area contributed by atoms with Crippen LogP contribution < -0.4 is 0 Å². The summed E-state index contributed by atoms with van der Waals surface area (Å²) < 4.78 is 27.3. The van der Waals surface area contributed by atoms with Crippen molar-refractivity contribution in [3.05, 3.63) is 40.6 Å². The highest BCUT2D eigenvalue weighted by Crippen LogP contribution is 2.36. The lowest BCUT2D eigenvalue weighted by Gasteiger charge is -2.06. The Balaban J connectivity index is 1.92. The summed E-state index contributed by atoms with van der Waals surface area (Å²) in [5.41, 5.74) is 0.736. The molecule has 1 aromatic heterocycles. The molecule has 3 rings (SSSR count). The first-order valence-corrected chi connectivity index (χ1v) is 8.37. The summed E-state index contributed by atoms with van der Waals surface area (Å²) in [5.74, 6) is -0.0577. The molecule has 1 heterocycles. The average Bonchev–Trinajstić information content (AvgIpc) is 3.05. The monoisotopic (exact) mass is 341 g/mol. The lowest BCUT2D eigenvalue weighted by atomic mass is 10.2. The molecule has 0 saturated heterocycles. The Bertz CT molecular complexity index is 707. The van der Waals surface area contributed by atoms with Gasteiger partial charge in [0.2, 0.25) is 15.0 Å². The van der Waals surface area contributed by atoms with Crippen LogP contribution in [0.25, 0.3) is 0 Å². The Morgan fingerprint density at radius 1 is 1.37 bits per heavy atom. The largest absolute Gasteiger partial charge is 0.301 e. The van der Waals surface area contributed by atoms with Crippen LogP contribution in [0.3, 0.4) is 0 Å². The summed E-state index contributed by atoms with van der Waals surface area (Å²) in [6.45, 7) is 0. The van der Waals surface area contributed by atoms with Gasteiger partial charge in [0.1, 0.15) is 6.33 Å². The molecule has 0 atom stereocenters. The van der Waals surface area contributed by atoms with Crippen LogP contribution in [-0.2, 0) is 15.6 Å². The first kappa shape index (κ1) is 12.8. The smallest absolute Gasteiger partial charge is 0.250 e. The van der Waals surface area contributed by atoms with Crippen LogP contribution >= 0.6 is 15.9 Å². The third-order valence-electron chi connectivity index (χ3n) is 3.00. The fraction of sp³-hybridized carbons (Fsp3) is 0.333. The summed E-state index contributed by atoms with van der Waals surface area (Å²) >= 11 is 3.34. The topological polar surface area (TPSA) is 64.8 Å². The molecule has 1 aliphatic rings. The van der Waals surface area contributed by atoms with Gasteiger partial charge in [-0.3, -0.25) is 0 Å². The SMILES string of the molecule is O=S(=O)(Cc1cccc(Br)c1)c1nncn1C1CC1. The molecule has 5 nitrogen and oxygen atoms in total. The van der Waals surface area contributed by atoms with Crippen molar-refractivity contribution < 1.29 is 8.42 Å². The van der Waals surface area contributed by atoms with E-state index in [0.29, 0.717) is 0 Å². The van der Waals surface area contributed by atoms with Gasteiger partial charge < -0.3 is 4.57 Å². The maximum Gasteiger partial charge on any atom is 0.250 e. The van der Waals surface area contributed by atoms with E-state index in [-0.39, 0.29) is 17.0 Å². The normalized spacial score (nSPS) is 15.6. The molecule has 7 heteroatoms. The zero-order chi connectivity index (χ0) is 13.5. The molecule has 0 amide bonds. The number of benzene rings is 1. The van der Waals surface area contributed by atoms with Crippen molar-refractivity contribution in [1.29, 1.82) is 0 Å². The molecule has 0 aliphatic heterocycles. The van der Waals surface area contributed by atoms with E-state index >= 15 is 0 Å². The van der Waals surface area contributed by atoms with Crippen molar-refractivity contribution >= 4 is 25.8 Å². The van der Waals surface area contributed by atoms with E-state index in [1.165, 1.54) is 6.33 Å². The maximum atomic E-state index is 12.4. The standard InChI is InChI=1S/C12H12BrN3O2S/c13-10-3-1-2-9(6-10)7-19(17,18)12-15-14-8-16(12)11-4-5-11/h1-3,6,8,11H,4-5,7H2. The van der Waals surface area contributed by atoms with Crippen molar-refractivity contribution in [1.82, 2.24) is 14.8 Å². The van der Waals surface area contributed by atoms with E-state index in [0.717, 1.165) is 22.9 Å². The summed E-state index contributed by atoms with van der Waals surface area (Å²) in [6.07, 6.45) is 3.50. The van der Waals surface area contributed by atoms with Crippen LogP contribution in [0.4, 0.5) is 0 Å². The lowest BCUT2D eigenvalue weighted by Crippen LogP contribution is -2.12. The van der Waals surface area contributed by atoms with Gasteiger partial charge in [-0.2, -0.15) is 0 Å². The molecule has 0 spiro atoms. The Labute approximate surface area is 119 Å². The van der Waals surface area contributed by atoms with Crippen LogP contribution in [0.15, 0.2) is 40.2 Å². The van der Waals surface area contributed by atoms with Gasteiger partial charge in [0.25, 0.3) is 0 Å². The van der Waals surface area contributed by atoms with Gasteiger partial charge in [0.15, 0.2) is 0 Å². The van der Waals surface area contributed by atoms with Crippen molar-refractivity contribution in [3.8, 4) is 0 Å². The van der Waals surface area contributed by atoms with Crippen molar-refractivity contribution in [2.45, 2.75) is 29.8 Å². The highest BCUT2D eigenvalue weighted by atomic mass is 79.9. The van der Waals surface area contributed by atoms with E-state index in [9.17, 15) is 8.42 Å². The van der Waals surface area contributed by atoms with E-state index in [2.05, 4.69) is 26.1 Å². The van der Waals surface area contributed by atoms with E-state index in [4.69, 9.17) is 0 Å². The van der Waals surface area contributed by atoms with Crippen LogP contribution in [0.1, 0.15) is 24.4 Å². The predicted octanol–water partition coefficient (Wildman–Crippen LogP) is 2.35. The highest BCUT2D eigenvalue weighted by Gasteiger charge is 2.31. The minimum absolute atomic E-state index is 0.0577. The first-order valence-electron chi connectivity index (χ1n) is 5.93. The molecule has 19 heavy (non-hydrogen) atoms. The molecule has 0 bridgehead atoms. The Kier molecular flexibility index (Phi) is 3.18. The number of rotatable bonds is 4. The Morgan fingerprint density at radius 2 is 2.16 bits per heavy atom. The highest BCUT2D eigenvalue weighted by molar-refractivity contribution is 9.10. The third-order valence-corrected chi connectivity index (χ3v) is 5.06. The molecule has 0 radical (unpaired) electrons. The van der Waals surface area contributed by atoms with Crippen LogP contribution in [0, 0.1) is 0 Å². The molecule has 2 aromatic rings. The van der Waals surface area contributed by atoms with Gasteiger partial charge >= 0.3 is 0 Å². The second kappa shape index (κ2) is 4.72. The second-order valence-corrected chi connectivity index (χ2v) is 7.44. The number of halogens is 1. The van der Waals surface area contributed by atoms with E-state index in [1.54, 1.807) is 16.7 Å². The summed E-state index contributed by atoms with van der Waals surface area (Å²) in [4.78, 5) is 0. The quantitative estimate of drug-likeness (QED) is 0.856. The molecule has 1 aromatic carbocycles. The zero-order valence-corrected chi connectivity index (χ0v) is 12.4. The van der Waals surface area contributed by atoms with Crippen LogP contribution in [-0.4, -0.2) is 23.2 Å². The molecule has 1 saturated carbocycles. The third kappa shape index (κ3) is 2.71. The van der Waals surface area contributed by atoms with Gasteiger partial charge in [-0.15, -0.1) is 10.2 Å². The zero-order valence-electron chi connectivity index (χ0n) is 10.0. The average molecular weight is 342 g/mol. The molecule has 100 valence electrons. The van der Waals surface area contributed by atoms with Crippen molar-refractivity contribution in [2.75, 3.05) is 0 Å². The summed E-state index contributed by atoms with van der Waals surface area (Å²) in [6, 6.07) is 7.53. The minimum Gasteiger partial charge on any atom is -0.301 e. The number of hydrogen-bond donors (Lipinski definition) is 0. The minimum atomic E-state index is -3.45. The van der Waals surface area contributed by atoms with E-state index < -0.39 is 9.84 Å². The van der Waals surface area contributed by atoms with Gasteiger partial charge in [-0.1, -0.05) is 28.1 Å². The predicted molar refractivity (Wildman–Crippen MR) is 73.3 cm³/mol. The molecular formula is C12H12BrN3O2S. The van der Waals surface area contributed by atoms with Crippen molar-refractivity contribution in [3.63, 3.8) is 0 Å². The fourth-order valence-electron chi connectivity index (χ4n) is 1.97. The van der Waals surface area contributed by atoms with Gasteiger partial charge in [0.05, 0.1) is 5.75 Å². The molecule has 0 N–H and O–H groups in total. The molecule has 1 aliphatic carbocycles. The summed E-state index contributed by atoms with van der Waals surface area (Å²) in [7, 11) is -3.45. The van der Waals surface area contributed by atoms with Crippen LogP contribution in [0.2, 0.25) is 0 Å². The van der Waals surface area contributed by atoms with Gasteiger partial charge in [0, 0.05) is 10.5 Å². The van der Waals surface area contributed by atoms with Crippen LogP contribution in [0.5, 0.6) is 0 Å². The second-order valence-electron chi connectivity index (χ2n) is 4.64. The lowest BCUT2D eigenvalue weighted by molar-refractivity contribution is 0.564. The molecule has 1 fully saturated rings. The number of sulfone groups is 1. The summed E-state index contributed by atoms with van der Waals surface area (Å²) in [5, 5.41) is 7.59. The maximum absolute atomic E-state index is 12.4. The first-order chi connectivity index (χ1) is 9.06. The molecular weight excluding hydrogens is 330 g/mol. The number of aromatic nitrogens is 3. The number of hydrogen-bond acceptors (Lipinski definition) is 4. The number of nitrogens with zero attached hydrogens (tertiary/aromatic N) is 3. The molecule has 0 unspecified atom stereocenters. The van der Waals surface area contributed by atoms with Gasteiger partial charge in [-0.25, -0.2) is 8.42 Å². The van der Waals surface area contributed by atoms with Crippen molar-refractivity contribution in [2.24, 2.45) is 0 Å². The Hall–Kier alpha value is -1.21. The fourth-order valence-corrected chi connectivity index (χ4v) is 3.85.